The maximum Gasteiger partial charge on any atom is 0.173 e. The van der Waals surface area contributed by atoms with E-state index in [1.165, 1.54) is 5.41 Å². The maximum absolute atomic E-state index is 11.4. The van der Waals surface area contributed by atoms with Crippen molar-refractivity contribution in [3.8, 4) is 0 Å². The van der Waals surface area contributed by atoms with Gasteiger partial charge in [-0.1, -0.05) is 0 Å². The molecule has 1 aromatic rings. The lowest BCUT2D eigenvalue weighted by Gasteiger charge is -2.15. The van der Waals surface area contributed by atoms with Crippen molar-refractivity contribution in [1.82, 2.24) is 0 Å². The van der Waals surface area contributed by atoms with Crippen LogP contribution in [0.25, 0.3) is 0 Å². The number of benzene rings is 1. The van der Waals surface area contributed by atoms with Crippen molar-refractivity contribution in [3.63, 3.8) is 0 Å². The first-order valence-electron chi connectivity index (χ1n) is 5.11. The lowest BCUT2D eigenvalue weighted by atomic mass is 10.2. The van der Waals surface area contributed by atoms with Gasteiger partial charge in [0.2, 0.25) is 0 Å². The van der Waals surface area contributed by atoms with E-state index >= 15 is 0 Å². The molecule has 0 unspecified atom stereocenters. The van der Waals surface area contributed by atoms with Gasteiger partial charge >= 0.3 is 0 Å². The Bertz CT molecular complexity index is 503. The molecule has 1 aromatic carbocycles. The summed E-state index contributed by atoms with van der Waals surface area (Å²) in [6.45, 7) is 0. The summed E-state index contributed by atoms with van der Waals surface area (Å²) >= 11 is 0. The van der Waals surface area contributed by atoms with Gasteiger partial charge < -0.3 is 11.1 Å². The van der Waals surface area contributed by atoms with E-state index in [0.29, 0.717) is 12.1 Å². The Morgan fingerprint density at radius 3 is 2.50 bits per heavy atom. The van der Waals surface area contributed by atoms with Crippen molar-refractivity contribution in [1.29, 1.82) is 0 Å². The second-order valence-electron chi connectivity index (χ2n) is 3.86. The van der Waals surface area contributed by atoms with Crippen LogP contribution >= 0.6 is 0 Å². The molecule has 86 valence electrons. The molecule has 0 radical (unpaired) electrons. The summed E-state index contributed by atoms with van der Waals surface area (Å²) in [7, 11) is -3.01. The Balaban J connectivity index is 2.16. The Kier molecular flexibility index (Phi) is 2.87. The predicted octanol–water partition coefficient (Wildman–Crippen LogP) is 1.73. The smallest absolute Gasteiger partial charge is 0.173 e. The zero-order valence-electron chi connectivity index (χ0n) is 8.81. The maximum atomic E-state index is 11.4. The second kappa shape index (κ2) is 4.17. The SMILES string of the molecule is Nc1ccc(NC2=CS(=O)(=O)CCC2)cc1. The highest BCUT2D eigenvalue weighted by Gasteiger charge is 2.15. The monoisotopic (exact) mass is 238 g/mol. The topological polar surface area (TPSA) is 72.2 Å². The van der Waals surface area contributed by atoms with Crippen molar-refractivity contribution in [2.45, 2.75) is 12.8 Å². The van der Waals surface area contributed by atoms with Crippen LogP contribution in [0, 0.1) is 0 Å². The average Bonchev–Trinajstić information content (AvgIpc) is 2.20. The summed E-state index contributed by atoms with van der Waals surface area (Å²) in [5, 5.41) is 4.42. The number of allylic oxidation sites excluding steroid dienone is 1. The number of nitrogens with two attached hydrogens (primary N) is 1. The van der Waals surface area contributed by atoms with Crippen LogP contribution in [0.4, 0.5) is 11.4 Å². The largest absolute Gasteiger partial charge is 0.399 e. The third-order valence-corrected chi connectivity index (χ3v) is 3.91. The fourth-order valence-electron chi connectivity index (χ4n) is 1.64. The van der Waals surface area contributed by atoms with E-state index in [1.807, 2.05) is 12.1 Å². The number of nitrogen functional groups attached to an aromatic ring is 1. The van der Waals surface area contributed by atoms with Gasteiger partial charge in [0.25, 0.3) is 0 Å². The molecule has 1 aliphatic heterocycles. The third-order valence-electron chi connectivity index (χ3n) is 2.41. The lowest BCUT2D eigenvalue weighted by Crippen LogP contribution is -2.13. The molecule has 0 atom stereocenters. The van der Waals surface area contributed by atoms with Crippen LogP contribution in [0.5, 0.6) is 0 Å². The highest BCUT2D eigenvalue weighted by molar-refractivity contribution is 7.94. The molecule has 0 spiro atoms. The van der Waals surface area contributed by atoms with Crippen molar-refractivity contribution in [3.05, 3.63) is 35.4 Å². The number of hydrogen-bond acceptors (Lipinski definition) is 4. The summed E-state index contributed by atoms with van der Waals surface area (Å²) in [6, 6.07) is 7.22. The van der Waals surface area contributed by atoms with Crippen molar-refractivity contribution in [2.75, 3.05) is 16.8 Å². The van der Waals surface area contributed by atoms with Crippen LogP contribution in [-0.4, -0.2) is 14.2 Å². The summed E-state index contributed by atoms with van der Waals surface area (Å²) in [5.41, 5.74) is 7.86. The van der Waals surface area contributed by atoms with Gasteiger partial charge in [0, 0.05) is 22.5 Å². The quantitative estimate of drug-likeness (QED) is 0.770. The number of nitrogens with one attached hydrogen (secondary N) is 1. The molecule has 1 aliphatic rings. The first-order valence-corrected chi connectivity index (χ1v) is 6.83. The van der Waals surface area contributed by atoms with E-state index in [9.17, 15) is 8.42 Å². The van der Waals surface area contributed by atoms with Crippen LogP contribution in [0.1, 0.15) is 12.8 Å². The molecular weight excluding hydrogens is 224 g/mol. The summed E-state index contributed by atoms with van der Waals surface area (Å²) < 4.78 is 22.7. The van der Waals surface area contributed by atoms with Gasteiger partial charge in [0.05, 0.1) is 5.75 Å². The fourth-order valence-corrected chi connectivity index (χ4v) is 2.92. The highest BCUT2D eigenvalue weighted by Crippen LogP contribution is 2.20. The molecule has 1 heterocycles. The van der Waals surface area contributed by atoms with Gasteiger partial charge in [-0.25, -0.2) is 8.42 Å². The van der Waals surface area contributed by atoms with Crippen LogP contribution in [0.3, 0.4) is 0 Å². The average molecular weight is 238 g/mol. The minimum Gasteiger partial charge on any atom is -0.399 e. The molecule has 2 rings (SSSR count). The van der Waals surface area contributed by atoms with Crippen molar-refractivity contribution in [2.24, 2.45) is 0 Å². The molecular formula is C11H14N2O2S. The van der Waals surface area contributed by atoms with Crippen LogP contribution in [-0.2, 0) is 9.84 Å². The zero-order valence-corrected chi connectivity index (χ0v) is 9.63. The van der Waals surface area contributed by atoms with E-state index in [0.717, 1.165) is 17.8 Å². The normalized spacial score (nSPS) is 18.9. The molecule has 16 heavy (non-hydrogen) atoms. The number of hydrogen-bond donors (Lipinski definition) is 2. The van der Waals surface area contributed by atoms with Gasteiger partial charge in [-0.05, 0) is 37.1 Å². The molecule has 5 heteroatoms. The zero-order chi connectivity index (χ0) is 11.6. The third kappa shape index (κ3) is 2.76. The van der Waals surface area contributed by atoms with Gasteiger partial charge in [-0.15, -0.1) is 0 Å². The number of rotatable bonds is 2. The Labute approximate surface area is 95.1 Å². The first-order chi connectivity index (χ1) is 7.55. The second-order valence-corrected chi connectivity index (χ2v) is 5.83. The molecule has 3 N–H and O–H groups in total. The predicted molar refractivity (Wildman–Crippen MR) is 65.6 cm³/mol. The Morgan fingerprint density at radius 1 is 1.19 bits per heavy atom. The van der Waals surface area contributed by atoms with Crippen molar-refractivity contribution < 1.29 is 8.42 Å². The number of sulfone groups is 1. The van der Waals surface area contributed by atoms with E-state index in [1.54, 1.807) is 12.1 Å². The van der Waals surface area contributed by atoms with Crippen LogP contribution in [0.15, 0.2) is 35.4 Å². The Morgan fingerprint density at radius 2 is 1.88 bits per heavy atom. The summed E-state index contributed by atoms with van der Waals surface area (Å²) in [5.74, 6) is 0.250. The first kappa shape index (κ1) is 11.0. The molecule has 0 saturated heterocycles. The molecule has 0 bridgehead atoms. The molecule has 0 aromatic heterocycles. The molecule has 4 nitrogen and oxygen atoms in total. The summed E-state index contributed by atoms with van der Waals surface area (Å²) in [6.07, 6.45) is 1.44. The minimum atomic E-state index is -3.01. The Hall–Kier alpha value is -1.49. The van der Waals surface area contributed by atoms with E-state index in [-0.39, 0.29) is 5.75 Å². The standard InChI is InChI=1S/C11H14N2O2S/c12-9-3-5-10(6-4-9)13-11-2-1-7-16(14,15)8-11/h3-6,8,13H,1-2,7,12H2. The fraction of sp³-hybridized carbons (Fsp3) is 0.273. The van der Waals surface area contributed by atoms with E-state index in [4.69, 9.17) is 5.73 Å². The van der Waals surface area contributed by atoms with Gasteiger partial charge in [0.15, 0.2) is 9.84 Å². The van der Waals surface area contributed by atoms with Gasteiger partial charge in [-0.3, -0.25) is 0 Å². The number of anilines is 2. The molecule has 0 fully saturated rings. The highest BCUT2D eigenvalue weighted by atomic mass is 32.2. The van der Waals surface area contributed by atoms with Gasteiger partial charge in [-0.2, -0.15) is 0 Å². The van der Waals surface area contributed by atoms with E-state index in [2.05, 4.69) is 5.32 Å². The molecule has 0 aliphatic carbocycles. The molecule has 0 amide bonds. The molecule has 0 saturated carbocycles. The van der Waals surface area contributed by atoms with Gasteiger partial charge in [0.1, 0.15) is 0 Å². The minimum absolute atomic E-state index is 0.250. The lowest BCUT2D eigenvalue weighted by molar-refractivity contribution is 0.598. The van der Waals surface area contributed by atoms with E-state index < -0.39 is 9.84 Å². The van der Waals surface area contributed by atoms with Crippen LogP contribution < -0.4 is 11.1 Å². The van der Waals surface area contributed by atoms with Crippen LogP contribution in [0.2, 0.25) is 0 Å². The van der Waals surface area contributed by atoms with Crippen molar-refractivity contribution >= 4 is 21.2 Å². The summed E-state index contributed by atoms with van der Waals surface area (Å²) in [4.78, 5) is 0.